The lowest BCUT2D eigenvalue weighted by molar-refractivity contribution is 0.0146. The lowest BCUT2D eigenvalue weighted by Gasteiger charge is -2.35. The Morgan fingerprint density at radius 3 is 2.65 bits per heavy atom. The molecule has 0 spiro atoms. The van der Waals surface area contributed by atoms with Crippen molar-refractivity contribution in [3.05, 3.63) is 22.4 Å². The fourth-order valence-electron chi connectivity index (χ4n) is 2.96. The standard InChI is InChI=1S/C15H24N2O2S/c1-2-15(20-11-1)14(17-5-9-19-10-6-17)12-16-13-3-7-18-8-4-13/h1-2,11,13-14,16H,3-10,12H2/t14-/m0/s1. The third kappa shape index (κ3) is 3.80. The molecule has 2 fully saturated rings. The van der Waals surface area contributed by atoms with Gasteiger partial charge in [-0.05, 0) is 24.3 Å². The van der Waals surface area contributed by atoms with Crippen molar-refractivity contribution in [3.63, 3.8) is 0 Å². The maximum absolute atomic E-state index is 5.49. The highest BCUT2D eigenvalue weighted by molar-refractivity contribution is 7.10. The third-order valence-corrected chi connectivity index (χ3v) is 5.15. The van der Waals surface area contributed by atoms with Crippen LogP contribution in [0.2, 0.25) is 0 Å². The summed E-state index contributed by atoms with van der Waals surface area (Å²) in [6.45, 7) is 6.64. The smallest absolute Gasteiger partial charge is 0.0594 e. The maximum atomic E-state index is 5.49. The molecule has 1 aromatic heterocycles. The van der Waals surface area contributed by atoms with Gasteiger partial charge in [0.25, 0.3) is 0 Å². The number of hydrogen-bond donors (Lipinski definition) is 1. The van der Waals surface area contributed by atoms with Crippen molar-refractivity contribution in [3.8, 4) is 0 Å². The fraction of sp³-hybridized carbons (Fsp3) is 0.733. The molecular formula is C15H24N2O2S. The lowest BCUT2D eigenvalue weighted by atomic mass is 10.1. The van der Waals surface area contributed by atoms with Gasteiger partial charge in [-0.15, -0.1) is 11.3 Å². The van der Waals surface area contributed by atoms with Crippen LogP contribution >= 0.6 is 11.3 Å². The van der Waals surface area contributed by atoms with Gasteiger partial charge < -0.3 is 14.8 Å². The second kappa shape index (κ2) is 7.52. The van der Waals surface area contributed by atoms with E-state index in [-0.39, 0.29) is 0 Å². The van der Waals surface area contributed by atoms with E-state index in [1.54, 1.807) is 0 Å². The van der Waals surface area contributed by atoms with Gasteiger partial charge in [-0.1, -0.05) is 6.07 Å². The maximum Gasteiger partial charge on any atom is 0.0594 e. The average molecular weight is 296 g/mol. The minimum atomic E-state index is 0.488. The number of hydrogen-bond acceptors (Lipinski definition) is 5. The molecule has 1 N–H and O–H groups in total. The Bertz CT molecular complexity index is 373. The van der Waals surface area contributed by atoms with E-state index < -0.39 is 0 Å². The van der Waals surface area contributed by atoms with E-state index in [0.717, 1.165) is 58.9 Å². The van der Waals surface area contributed by atoms with Crippen LogP contribution in [0, 0.1) is 0 Å². The van der Waals surface area contributed by atoms with Crippen molar-refractivity contribution < 1.29 is 9.47 Å². The Morgan fingerprint density at radius 2 is 1.95 bits per heavy atom. The van der Waals surface area contributed by atoms with E-state index in [1.807, 2.05) is 11.3 Å². The second-order valence-electron chi connectivity index (χ2n) is 5.47. The Hall–Kier alpha value is -0.460. The molecule has 2 saturated heterocycles. The van der Waals surface area contributed by atoms with Crippen molar-refractivity contribution in [2.75, 3.05) is 46.1 Å². The first kappa shape index (κ1) is 14.5. The Balaban J connectivity index is 1.59. The first-order chi connectivity index (χ1) is 9.93. The van der Waals surface area contributed by atoms with Crippen molar-refractivity contribution in [2.24, 2.45) is 0 Å². The van der Waals surface area contributed by atoms with Gasteiger partial charge in [-0.3, -0.25) is 4.90 Å². The van der Waals surface area contributed by atoms with Crippen LogP contribution in [0.25, 0.3) is 0 Å². The van der Waals surface area contributed by atoms with Gasteiger partial charge in [-0.25, -0.2) is 0 Å². The molecule has 2 aliphatic heterocycles. The molecule has 3 heterocycles. The van der Waals surface area contributed by atoms with Crippen molar-refractivity contribution in [2.45, 2.75) is 24.9 Å². The van der Waals surface area contributed by atoms with Gasteiger partial charge in [0, 0.05) is 43.8 Å². The Labute approximate surface area is 125 Å². The van der Waals surface area contributed by atoms with E-state index in [4.69, 9.17) is 9.47 Å². The van der Waals surface area contributed by atoms with Gasteiger partial charge in [0.2, 0.25) is 0 Å². The zero-order chi connectivity index (χ0) is 13.6. The highest BCUT2D eigenvalue weighted by Crippen LogP contribution is 2.25. The van der Waals surface area contributed by atoms with Gasteiger partial charge >= 0.3 is 0 Å². The molecule has 20 heavy (non-hydrogen) atoms. The molecule has 0 bridgehead atoms. The number of nitrogens with one attached hydrogen (secondary N) is 1. The van der Waals surface area contributed by atoms with Gasteiger partial charge in [0.15, 0.2) is 0 Å². The zero-order valence-electron chi connectivity index (χ0n) is 11.9. The summed E-state index contributed by atoms with van der Waals surface area (Å²) in [5.41, 5.74) is 0. The first-order valence-corrected chi connectivity index (χ1v) is 8.48. The van der Waals surface area contributed by atoms with Crippen LogP contribution < -0.4 is 5.32 Å². The average Bonchev–Trinajstić information content (AvgIpc) is 3.04. The van der Waals surface area contributed by atoms with Crippen LogP contribution in [-0.2, 0) is 9.47 Å². The monoisotopic (exact) mass is 296 g/mol. The lowest BCUT2D eigenvalue weighted by Crippen LogP contribution is -2.45. The summed E-state index contributed by atoms with van der Waals surface area (Å²) in [6.07, 6.45) is 2.28. The zero-order valence-corrected chi connectivity index (χ0v) is 12.7. The summed E-state index contributed by atoms with van der Waals surface area (Å²) in [5.74, 6) is 0. The molecule has 112 valence electrons. The topological polar surface area (TPSA) is 33.7 Å². The largest absolute Gasteiger partial charge is 0.381 e. The summed E-state index contributed by atoms with van der Waals surface area (Å²) >= 11 is 1.86. The molecule has 0 radical (unpaired) electrons. The molecule has 0 amide bonds. The summed E-state index contributed by atoms with van der Waals surface area (Å²) in [5, 5.41) is 5.93. The molecule has 2 aliphatic rings. The molecule has 5 heteroatoms. The normalized spacial score (nSPS) is 23.8. The van der Waals surface area contributed by atoms with Crippen LogP contribution in [0.3, 0.4) is 0 Å². The predicted molar refractivity (Wildman–Crippen MR) is 81.3 cm³/mol. The first-order valence-electron chi connectivity index (χ1n) is 7.60. The van der Waals surface area contributed by atoms with E-state index in [9.17, 15) is 0 Å². The Kier molecular flexibility index (Phi) is 5.44. The van der Waals surface area contributed by atoms with Gasteiger partial charge in [0.05, 0.1) is 19.3 Å². The molecule has 4 nitrogen and oxygen atoms in total. The minimum Gasteiger partial charge on any atom is -0.381 e. The second-order valence-corrected chi connectivity index (χ2v) is 6.45. The summed E-state index contributed by atoms with van der Waals surface area (Å²) in [7, 11) is 0. The molecule has 0 unspecified atom stereocenters. The number of ether oxygens (including phenoxy) is 2. The molecule has 0 aliphatic carbocycles. The molecule has 3 rings (SSSR count). The highest BCUT2D eigenvalue weighted by atomic mass is 32.1. The van der Waals surface area contributed by atoms with Crippen LogP contribution in [-0.4, -0.2) is 57.0 Å². The SMILES string of the molecule is c1csc([C@H](CNC2CCOCC2)N2CCOCC2)c1. The molecule has 0 aromatic carbocycles. The number of rotatable bonds is 5. The third-order valence-electron chi connectivity index (χ3n) is 4.18. The summed E-state index contributed by atoms with van der Waals surface area (Å²) in [6, 6.07) is 5.52. The number of thiophene rings is 1. The molecule has 1 atom stereocenters. The Morgan fingerprint density at radius 1 is 1.20 bits per heavy atom. The van der Waals surface area contributed by atoms with Gasteiger partial charge in [0.1, 0.15) is 0 Å². The van der Waals surface area contributed by atoms with Crippen LogP contribution in [0.15, 0.2) is 17.5 Å². The summed E-state index contributed by atoms with van der Waals surface area (Å²) in [4.78, 5) is 4.02. The molecular weight excluding hydrogens is 272 g/mol. The summed E-state index contributed by atoms with van der Waals surface area (Å²) < 4.78 is 10.9. The number of morpholine rings is 1. The number of nitrogens with zero attached hydrogens (tertiary/aromatic N) is 1. The molecule has 0 saturated carbocycles. The highest BCUT2D eigenvalue weighted by Gasteiger charge is 2.24. The quantitative estimate of drug-likeness (QED) is 0.900. The van der Waals surface area contributed by atoms with Crippen LogP contribution in [0.5, 0.6) is 0 Å². The predicted octanol–water partition coefficient (Wildman–Crippen LogP) is 1.89. The van der Waals surface area contributed by atoms with Crippen LogP contribution in [0.4, 0.5) is 0 Å². The van der Waals surface area contributed by atoms with Crippen LogP contribution in [0.1, 0.15) is 23.8 Å². The van der Waals surface area contributed by atoms with Gasteiger partial charge in [-0.2, -0.15) is 0 Å². The van der Waals surface area contributed by atoms with Crippen molar-refractivity contribution >= 4 is 11.3 Å². The van der Waals surface area contributed by atoms with E-state index in [0.29, 0.717) is 12.1 Å². The molecule has 1 aromatic rings. The van der Waals surface area contributed by atoms with Crippen molar-refractivity contribution in [1.29, 1.82) is 0 Å². The van der Waals surface area contributed by atoms with Crippen molar-refractivity contribution in [1.82, 2.24) is 10.2 Å². The fourth-order valence-corrected chi connectivity index (χ4v) is 3.82. The van der Waals surface area contributed by atoms with E-state index in [2.05, 4.69) is 27.7 Å². The van der Waals surface area contributed by atoms with E-state index in [1.165, 1.54) is 4.88 Å². The minimum absolute atomic E-state index is 0.488. The van der Waals surface area contributed by atoms with E-state index >= 15 is 0 Å².